The molecule has 30 heavy (non-hydrogen) atoms. The minimum Gasteiger partial charge on any atom is -0.497 e. The van der Waals surface area contributed by atoms with E-state index in [1.54, 1.807) is 21.3 Å². The number of fused-ring (bicyclic) bond motifs is 2. The molecule has 1 aromatic heterocycles. The third kappa shape index (κ3) is 1.83. The van der Waals surface area contributed by atoms with Crippen molar-refractivity contribution in [1.29, 1.82) is 0 Å². The van der Waals surface area contributed by atoms with Crippen molar-refractivity contribution in [3.05, 3.63) is 48.2 Å². The number of methoxy groups -OCH3 is 3. The standard InChI is InChI=1S/C23H25N3O4/c1-5-16-19(29-3)20(30-4)23-11-22(23)14-9-12-8-13(28-2)6-7-15(12)24-18(14)21(27)25-17(22)10-26(16)23/h5-9,16-17,19-20H,1,10-11H2,2-4H3,(H,25,27)/t16-,17+,19-,20+,22?,23+/m1/s1. The van der Waals surface area contributed by atoms with Crippen LogP contribution in [0.25, 0.3) is 10.9 Å². The second-order valence-electron chi connectivity index (χ2n) is 8.78. The van der Waals surface area contributed by atoms with Crippen LogP contribution < -0.4 is 10.1 Å². The largest absolute Gasteiger partial charge is 0.497 e. The van der Waals surface area contributed by atoms with Gasteiger partial charge in [-0.1, -0.05) is 6.08 Å². The van der Waals surface area contributed by atoms with E-state index in [2.05, 4.69) is 22.9 Å². The van der Waals surface area contributed by atoms with Gasteiger partial charge in [0, 0.05) is 31.6 Å². The monoisotopic (exact) mass is 407 g/mol. The number of aromatic nitrogens is 1. The van der Waals surface area contributed by atoms with E-state index in [4.69, 9.17) is 19.2 Å². The van der Waals surface area contributed by atoms with Crippen LogP contribution in [0.2, 0.25) is 0 Å². The Hall–Kier alpha value is -2.48. The van der Waals surface area contributed by atoms with Crippen molar-refractivity contribution in [1.82, 2.24) is 15.2 Å². The Balaban J connectivity index is 1.58. The lowest BCUT2D eigenvalue weighted by Crippen LogP contribution is -2.53. The van der Waals surface area contributed by atoms with Crippen LogP contribution in [-0.2, 0) is 14.9 Å². The maximum Gasteiger partial charge on any atom is 0.270 e. The number of nitrogens with one attached hydrogen (secondary N) is 1. The molecule has 4 heterocycles. The Labute approximate surface area is 175 Å². The summed E-state index contributed by atoms with van der Waals surface area (Å²) in [6, 6.07) is 7.95. The molecule has 4 aliphatic rings. The van der Waals surface area contributed by atoms with Crippen LogP contribution in [0.15, 0.2) is 36.9 Å². The SMILES string of the molecule is C=C[C@@H]1[C@@H](OC)[C@H](OC)[C@@]23CC24c2cc5cc(OC)ccc5nc2C(=O)N[C@H]4CN13. The molecule has 2 saturated heterocycles. The molecule has 7 nitrogen and oxygen atoms in total. The number of carbonyl (C=O) groups is 1. The summed E-state index contributed by atoms with van der Waals surface area (Å²) in [6.07, 6.45) is 2.64. The van der Waals surface area contributed by atoms with Crippen LogP contribution in [0.4, 0.5) is 0 Å². The Morgan fingerprint density at radius 3 is 2.80 bits per heavy atom. The summed E-state index contributed by atoms with van der Waals surface area (Å²) in [7, 11) is 5.14. The first kappa shape index (κ1) is 18.3. The van der Waals surface area contributed by atoms with E-state index in [-0.39, 0.29) is 41.2 Å². The molecule has 1 saturated carbocycles. The number of hydrogen-bond donors (Lipinski definition) is 1. The second-order valence-corrected chi connectivity index (χ2v) is 8.78. The number of piperidine rings is 1. The molecule has 1 aliphatic carbocycles. The third-order valence-corrected chi connectivity index (χ3v) is 7.94. The van der Waals surface area contributed by atoms with Crippen molar-refractivity contribution in [2.45, 2.75) is 41.7 Å². The van der Waals surface area contributed by atoms with Crippen LogP contribution in [0, 0.1) is 0 Å². The summed E-state index contributed by atoms with van der Waals surface area (Å²) in [4.78, 5) is 20.2. The highest BCUT2D eigenvalue weighted by atomic mass is 16.5. The lowest BCUT2D eigenvalue weighted by molar-refractivity contribution is -0.0313. The molecule has 2 spiro atoms. The number of benzene rings is 1. The number of ether oxygens (including phenoxy) is 3. The van der Waals surface area contributed by atoms with Crippen molar-refractivity contribution < 1.29 is 19.0 Å². The number of rotatable bonds is 4. The van der Waals surface area contributed by atoms with Gasteiger partial charge in [-0.2, -0.15) is 0 Å². The van der Waals surface area contributed by atoms with Crippen molar-refractivity contribution in [2.75, 3.05) is 27.9 Å². The number of pyridine rings is 1. The highest BCUT2D eigenvalue weighted by Gasteiger charge is 2.87. The minimum atomic E-state index is -0.240. The number of carbonyl (C=O) groups excluding carboxylic acids is 1. The van der Waals surface area contributed by atoms with Gasteiger partial charge in [0.2, 0.25) is 0 Å². The fraction of sp³-hybridized carbons (Fsp3) is 0.478. The summed E-state index contributed by atoms with van der Waals surface area (Å²) in [6.45, 7) is 4.81. The molecule has 2 aromatic rings. The van der Waals surface area contributed by atoms with Gasteiger partial charge in [-0.05, 0) is 36.2 Å². The molecule has 0 radical (unpaired) electrons. The molecule has 0 bridgehead atoms. The molecule has 1 unspecified atom stereocenters. The molecule has 6 rings (SSSR count). The topological polar surface area (TPSA) is 72.9 Å². The van der Waals surface area contributed by atoms with E-state index in [0.717, 1.165) is 35.2 Å². The number of amides is 1. The van der Waals surface area contributed by atoms with Crippen LogP contribution in [0.5, 0.6) is 5.75 Å². The zero-order valence-electron chi connectivity index (χ0n) is 17.3. The Morgan fingerprint density at radius 1 is 1.27 bits per heavy atom. The summed E-state index contributed by atoms with van der Waals surface area (Å²) in [5.41, 5.74) is 1.85. The fourth-order valence-electron chi connectivity index (χ4n) is 6.77. The molecule has 1 amide bonds. The van der Waals surface area contributed by atoms with E-state index in [1.165, 1.54) is 0 Å². The van der Waals surface area contributed by atoms with E-state index < -0.39 is 0 Å². The van der Waals surface area contributed by atoms with Crippen LogP contribution in [0.3, 0.4) is 0 Å². The third-order valence-electron chi connectivity index (χ3n) is 7.94. The van der Waals surface area contributed by atoms with E-state index in [9.17, 15) is 4.79 Å². The first-order valence-corrected chi connectivity index (χ1v) is 10.3. The summed E-state index contributed by atoms with van der Waals surface area (Å²) >= 11 is 0. The van der Waals surface area contributed by atoms with Gasteiger partial charge in [0.05, 0.1) is 30.2 Å². The molecule has 156 valence electrons. The lowest BCUT2D eigenvalue weighted by atomic mass is 9.80. The minimum absolute atomic E-state index is 0.0141. The van der Waals surface area contributed by atoms with Gasteiger partial charge in [0.15, 0.2) is 0 Å². The summed E-state index contributed by atoms with van der Waals surface area (Å²) < 4.78 is 17.3. The Kier molecular flexibility index (Phi) is 3.54. The van der Waals surface area contributed by atoms with Crippen molar-refractivity contribution >= 4 is 16.8 Å². The Morgan fingerprint density at radius 2 is 2.10 bits per heavy atom. The van der Waals surface area contributed by atoms with Gasteiger partial charge < -0.3 is 19.5 Å². The zero-order valence-corrected chi connectivity index (χ0v) is 17.3. The fourth-order valence-corrected chi connectivity index (χ4v) is 6.77. The predicted octanol–water partition coefficient (Wildman–Crippen LogP) is 1.65. The van der Waals surface area contributed by atoms with E-state index >= 15 is 0 Å². The highest BCUT2D eigenvalue weighted by Crippen LogP contribution is 2.73. The Bertz CT molecular complexity index is 1100. The number of hydrogen-bond acceptors (Lipinski definition) is 6. The van der Waals surface area contributed by atoms with Gasteiger partial charge in [0.25, 0.3) is 5.91 Å². The maximum absolute atomic E-state index is 13.0. The molecule has 6 atom stereocenters. The molecule has 3 aliphatic heterocycles. The normalized spacial score (nSPS) is 38.4. The summed E-state index contributed by atoms with van der Waals surface area (Å²) in [5.74, 6) is 0.674. The molecule has 7 heteroatoms. The number of nitrogens with zero attached hydrogens (tertiary/aromatic N) is 2. The average Bonchev–Trinajstić information content (AvgIpc) is 3.26. The first-order chi connectivity index (χ1) is 14.5. The highest BCUT2D eigenvalue weighted by molar-refractivity contribution is 6.00. The zero-order chi connectivity index (χ0) is 20.8. The predicted molar refractivity (Wildman–Crippen MR) is 111 cm³/mol. The van der Waals surface area contributed by atoms with Gasteiger partial charge in [-0.3, -0.25) is 9.69 Å². The molecular formula is C23H25N3O4. The van der Waals surface area contributed by atoms with Gasteiger partial charge in [-0.15, -0.1) is 6.58 Å². The molecule has 1 aromatic carbocycles. The smallest absolute Gasteiger partial charge is 0.270 e. The first-order valence-electron chi connectivity index (χ1n) is 10.3. The van der Waals surface area contributed by atoms with Crippen LogP contribution in [-0.4, -0.2) is 73.5 Å². The van der Waals surface area contributed by atoms with Crippen LogP contribution in [0.1, 0.15) is 22.5 Å². The molecule has 3 fully saturated rings. The molecule has 1 N–H and O–H groups in total. The van der Waals surface area contributed by atoms with Gasteiger partial charge >= 0.3 is 0 Å². The quantitative estimate of drug-likeness (QED) is 0.777. The van der Waals surface area contributed by atoms with Crippen molar-refractivity contribution in [2.24, 2.45) is 0 Å². The lowest BCUT2D eigenvalue weighted by Gasteiger charge is -2.34. The molecular weight excluding hydrogens is 382 g/mol. The van der Waals surface area contributed by atoms with Crippen molar-refractivity contribution in [3.63, 3.8) is 0 Å². The second kappa shape index (κ2) is 5.81. The maximum atomic E-state index is 13.0. The average molecular weight is 407 g/mol. The van der Waals surface area contributed by atoms with E-state index in [0.29, 0.717) is 5.69 Å². The van der Waals surface area contributed by atoms with E-state index in [1.807, 2.05) is 24.3 Å². The van der Waals surface area contributed by atoms with Gasteiger partial charge in [0.1, 0.15) is 23.7 Å². The summed E-state index contributed by atoms with van der Waals surface area (Å²) in [5, 5.41) is 4.23. The van der Waals surface area contributed by atoms with Gasteiger partial charge in [-0.25, -0.2) is 4.98 Å². The van der Waals surface area contributed by atoms with Crippen molar-refractivity contribution in [3.8, 4) is 5.75 Å². The van der Waals surface area contributed by atoms with Crippen LogP contribution >= 0.6 is 0 Å².